The predicted octanol–water partition coefficient (Wildman–Crippen LogP) is 3.41. The van der Waals surface area contributed by atoms with E-state index in [2.05, 4.69) is 50.9 Å². The number of rotatable bonds is 1. The fourth-order valence-electron chi connectivity index (χ4n) is 1.67. The third kappa shape index (κ3) is 1.69. The van der Waals surface area contributed by atoms with Crippen molar-refractivity contribution in [1.82, 2.24) is 0 Å². The van der Waals surface area contributed by atoms with Gasteiger partial charge >= 0.3 is 0 Å². The molecule has 1 aliphatic carbocycles. The van der Waals surface area contributed by atoms with Gasteiger partial charge in [-0.25, -0.2) is 0 Å². The quantitative estimate of drug-likeness (QED) is 0.845. The van der Waals surface area contributed by atoms with Gasteiger partial charge in [0.25, 0.3) is 0 Å². The molecule has 1 nitrogen and oxygen atoms in total. The smallest absolute Gasteiger partial charge is 0.0440 e. The van der Waals surface area contributed by atoms with E-state index in [0.717, 1.165) is 15.4 Å². The largest absolute Gasteiger partial charge is 0.321 e. The van der Waals surface area contributed by atoms with Crippen molar-refractivity contribution in [3.63, 3.8) is 0 Å². The Morgan fingerprint density at radius 1 is 1.31 bits per heavy atom. The molecule has 0 amide bonds. The van der Waals surface area contributed by atoms with Crippen LogP contribution in [0.5, 0.6) is 0 Å². The minimum Gasteiger partial charge on any atom is -0.321 e. The highest BCUT2D eigenvalue weighted by molar-refractivity contribution is 9.11. The average Bonchev–Trinajstić information content (AvgIpc) is 2.59. The Bertz CT molecular complexity index is 331. The Morgan fingerprint density at radius 3 is 2.15 bits per heavy atom. The molecule has 2 atom stereocenters. The standard InChI is InChI=1S/C10H11Br2N/c1-6-5-10(6,13)7-2-8(11)4-9(12)3-7/h2-4,6H,5,13H2,1H3. The highest BCUT2D eigenvalue weighted by Crippen LogP contribution is 2.49. The molecule has 1 saturated carbocycles. The Labute approximate surface area is 95.0 Å². The molecule has 3 heteroatoms. The van der Waals surface area contributed by atoms with Crippen LogP contribution in [-0.4, -0.2) is 0 Å². The zero-order valence-electron chi connectivity index (χ0n) is 7.35. The molecular formula is C10H11Br2N. The second-order valence-corrected chi connectivity index (χ2v) is 5.64. The fraction of sp³-hybridized carbons (Fsp3) is 0.400. The lowest BCUT2D eigenvalue weighted by Crippen LogP contribution is -2.21. The van der Waals surface area contributed by atoms with Crippen molar-refractivity contribution in [3.8, 4) is 0 Å². The van der Waals surface area contributed by atoms with Crippen LogP contribution in [-0.2, 0) is 5.54 Å². The molecule has 70 valence electrons. The molecule has 1 aromatic rings. The van der Waals surface area contributed by atoms with E-state index in [9.17, 15) is 0 Å². The molecule has 2 rings (SSSR count). The Balaban J connectivity index is 2.42. The summed E-state index contributed by atoms with van der Waals surface area (Å²) < 4.78 is 2.17. The van der Waals surface area contributed by atoms with Crippen LogP contribution in [0.1, 0.15) is 18.9 Å². The van der Waals surface area contributed by atoms with E-state index >= 15 is 0 Å². The number of nitrogens with two attached hydrogens (primary N) is 1. The van der Waals surface area contributed by atoms with Crippen LogP contribution in [0.2, 0.25) is 0 Å². The summed E-state index contributed by atoms with van der Waals surface area (Å²) in [7, 11) is 0. The van der Waals surface area contributed by atoms with E-state index in [1.54, 1.807) is 0 Å². The monoisotopic (exact) mass is 303 g/mol. The maximum Gasteiger partial charge on any atom is 0.0440 e. The molecule has 0 radical (unpaired) electrons. The van der Waals surface area contributed by atoms with Crippen LogP contribution >= 0.6 is 31.9 Å². The predicted molar refractivity (Wildman–Crippen MR) is 61.5 cm³/mol. The van der Waals surface area contributed by atoms with Crippen LogP contribution in [0, 0.1) is 5.92 Å². The van der Waals surface area contributed by atoms with Crippen molar-refractivity contribution in [3.05, 3.63) is 32.7 Å². The first-order valence-corrected chi connectivity index (χ1v) is 5.86. The molecule has 2 unspecified atom stereocenters. The SMILES string of the molecule is CC1CC1(N)c1cc(Br)cc(Br)c1. The topological polar surface area (TPSA) is 26.0 Å². The zero-order valence-corrected chi connectivity index (χ0v) is 10.5. The van der Waals surface area contributed by atoms with Gasteiger partial charge < -0.3 is 5.73 Å². The lowest BCUT2D eigenvalue weighted by atomic mass is 10.0. The summed E-state index contributed by atoms with van der Waals surface area (Å²) in [5.41, 5.74) is 7.35. The summed E-state index contributed by atoms with van der Waals surface area (Å²) in [6.07, 6.45) is 1.09. The molecule has 1 aliphatic rings. The van der Waals surface area contributed by atoms with Gasteiger partial charge in [0.2, 0.25) is 0 Å². The summed E-state index contributed by atoms with van der Waals surface area (Å²) in [4.78, 5) is 0. The summed E-state index contributed by atoms with van der Waals surface area (Å²) >= 11 is 6.94. The van der Waals surface area contributed by atoms with Crippen LogP contribution in [0.15, 0.2) is 27.1 Å². The third-order valence-corrected chi connectivity index (χ3v) is 3.68. The molecule has 0 heterocycles. The van der Waals surface area contributed by atoms with E-state index in [1.807, 2.05) is 6.07 Å². The molecule has 0 aromatic heterocycles. The van der Waals surface area contributed by atoms with E-state index in [4.69, 9.17) is 5.73 Å². The fourth-order valence-corrected chi connectivity index (χ4v) is 2.97. The van der Waals surface area contributed by atoms with E-state index in [0.29, 0.717) is 5.92 Å². The van der Waals surface area contributed by atoms with Crippen LogP contribution in [0.3, 0.4) is 0 Å². The molecule has 1 aromatic carbocycles. The van der Waals surface area contributed by atoms with Crippen molar-refractivity contribution in [2.75, 3.05) is 0 Å². The highest BCUT2D eigenvalue weighted by Gasteiger charge is 2.48. The molecule has 2 N–H and O–H groups in total. The Hall–Kier alpha value is 0.140. The average molecular weight is 305 g/mol. The molecule has 0 spiro atoms. The van der Waals surface area contributed by atoms with Gasteiger partial charge in [-0.05, 0) is 36.1 Å². The van der Waals surface area contributed by atoms with Crippen molar-refractivity contribution in [1.29, 1.82) is 0 Å². The Morgan fingerprint density at radius 2 is 1.77 bits per heavy atom. The number of hydrogen-bond acceptors (Lipinski definition) is 1. The highest BCUT2D eigenvalue weighted by atomic mass is 79.9. The van der Waals surface area contributed by atoms with Gasteiger partial charge in [-0.1, -0.05) is 38.8 Å². The molecular weight excluding hydrogens is 294 g/mol. The first kappa shape index (κ1) is 9.69. The van der Waals surface area contributed by atoms with Gasteiger partial charge in [-0.15, -0.1) is 0 Å². The number of halogens is 2. The maximum absolute atomic E-state index is 6.21. The number of benzene rings is 1. The van der Waals surface area contributed by atoms with Crippen molar-refractivity contribution in [2.24, 2.45) is 11.7 Å². The summed E-state index contributed by atoms with van der Waals surface area (Å²) in [5, 5.41) is 0. The molecule has 13 heavy (non-hydrogen) atoms. The second kappa shape index (κ2) is 3.07. The van der Waals surface area contributed by atoms with E-state index < -0.39 is 0 Å². The summed E-state index contributed by atoms with van der Waals surface area (Å²) in [6, 6.07) is 6.24. The first-order chi connectivity index (χ1) is 6.02. The molecule has 1 fully saturated rings. The summed E-state index contributed by atoms with van der Waals surface area (Å²) in [6.45, 7) is 2.19. The van der Waals surface area contributed by atoms with E-state index in [1.165, 1.54) is 5.56 Å². The van der Waals surface area contributed by atoms with Crippen LogP contribution in [0.4, 0.5) is 0 Å². The van der Waals surface area contributed by atoms with Gasteiger partial charge in [-0.2, -0.15) is 0 Å². The van der Waals surface area contributed by atoms with Crippen molar-refractivity contribution < 1.29 is 0 Å². The first-order valence-electron chi connectivity index (χ1n) is 4.28. The van der Waals surface area contributed by atoms with Crippen LogP contribution in [0.25, 0.3) is 0 Å². The van der Waals surface area contributed by atoms with Gasteiger partial charge in [0.1, 0.15) is 0 Å². The van der Waals surface area contributed by atoms with E-state index in [-0.39, 0.29) is 5.54 Å². The van der Waals surface area contributed by atoms with Gasteiger partial charge in [-0.3, -0.25) is 0 Å². The zero-order chi connectivity index (χ0) is 9.64. The number of hydrogen-bond donors (Lipinski definition) is 1. The van der Waals surface area contributed by atoms with Crippen LogP contribution < -0.4 is 5.73 Å². The van der Waals surface area contributed by atoms with Gasteiger partial charge in [0, 0.05) is 14.5 Å². The van der Waals surface area contributed by atoms with Gasteiger partial charge in [0.05, 0.1) is 0 Å². The molecule has 0 saturated heterocycles. The maximum atomic E-state index is 6.21. The lowest BCUT2D eigenvalue weighted by molar-refractivity contribution is 0.664. The van der Waals surface area contributed by atoms with Gasteiger partial charge in [0.15, 0.2) is 0 Å². The van der Waals surface area contributed by atoms with Crippen molar-refractivity contribution >= 4 is 31.9 Å². The lowest BCUT2D eigenvalue weighted by Gasteiger charge is -2.11. The Kier molecular flexibility index (Phi) is 2.29. The minimum atomic E-state index is -0.0771. The van der Waals surface area contributed by atoms with Crippen molar-refractivity contribution in [2.45, 2.75) is 18.9 Å². The minimum absolute atomic E-state index is 0.0771. The second-order valence-electron chi connectivity index (χ2n) is 3.80. The molecule has 0 aliphatic heterocycles. The molecule has 0 bridgehead atoms. The summed E-state index contributed by atoms with van der Waals surface area (Å²) in [5.74, 6) is 0.605. The normalized spacial score (nSPS) is 31.8. The third-order valence-electron chi connectivity index (χ3n) is 2.76.